The van der Waals surface area contributed by atoms with Gasteiger partial charge in [0, 0.05) is 18.3 Å². The minimum atomic E-state index is -3.57. The molecular weight excluding hydrogens is 328 g/mol. The number of rotatable bonds is 5. The summed E-state index contributed by atoms with van der Waals surface area (Å²) in [6.45, 7) is 3.09. The van der Waals surface area contributed by atoms with E-state index in [4.69, 9.17) is 5.14 Å². The molecule has 1 fully saturated rings. The van der Waals surface area contributed by atoms with Gasteiger partial charge in [-0.2, -0.15) is 4.98 Å². The van der Waals surface area contributed by atoms with E-state index in [1.165, 1.54) is 6.33 Å². The van der Waals surface area contributed by atoms with E-state index >= 15 is 0 Å². The molecular formula is C15H20N6O2S. The predicted octanol–water partition coefficient (Wildman–Crippen LogP) is 1.39. The maximum Gasteiger partial charge on any atom is 0.231 e. The van der Waals surface area contributed by atoms with E-state index in [1.807, 2.05) is 6.07 Å². The third-order valence-corrected chi connectivity index (χ3v) is 4.66. The van der Waals surface area contributed by atoms with Crippen LogP contribution in [0.4, 0.5) is 17.6 Å². The molecule has 0 spiro atoms. The molecule has 0 bridgehead atoms. The number of nitrogens with zero attached hydrogens (tertiary/aromatic N) is 4. The zero-order valence-electron chi connectivity index (χ0n) is 13.4. The molecule has 8 nitrogen and oxygen atoms in total. The van der Waals surface area contributed by atoms with Crippen molar-refractivity contribution in [2.45, 2.75) is 31.6 Å². The summed E-state index contributed by atoms with van der Waals surface area (Å²) in [6, 6.07) is 7.41. The van der Waals surface area contributed by atoms with Crippen molar-refractivity contribution in [3.05, 3.63) is 36.2 Å². The van der Waals surface area contributed by atoms with Crippen molar-refractivity contribution >= 4 is 27.6 Å². The highest BCUT2D eigenvalue weighted by molar-refractivity contribution is 7.88. The first kappa shape index (κ1) is 16.6. The summed E-state index contributed by atoms with van der Waals surface area (Å²) in [5.74, 6) is 0.862. The Labute approximate surface area is 141 Å². The summed E-state index contributed by atoms with van der Waals surface area (Å²) in [5, 5.41) is 8.17. The van der Waals surface area contributed by atoms with Crippen molar-refractivity contribution in [1.82, 2.24) is 15.0 Å². The summed E-state index contributed by atoms with van der Waals surface area (Å²) >= 11 is 0. The van der Waals surface area contributed by atoms with Crippen LogP contribution >= 0.6 is 0 Å². The molecule has 24 heavy (non-hydrogen) atoms. The highest BCUT2D eigenvalue weighted by Gasteiger charge is 2.23. The topological polar surface area (TPSA) is 114 Å². The second kappa shape index (κ2) is 6.70. The predicted molar refractivity (Wildman–Crippen MR) is 92.4 cm³/mol. The zero-order valence-corrected chi connectivity index (χ0v) is 14.2. The maximum absolute atomic E-state index is 11.2. The van der Waals surface area contributed by atoms with Gasteiger partial charge in [0.25, 0.3) is 0 Å². The number of hydrogen-bond acceptors (Lipinski definition) is 7. The molecule has 0 radical (unpaired) electrons. The van der Waals surface area contributed by atoms with E-state index < -0.39 is 10.0 Å². The monoisotopic (exact) mass is 348 g/mol. The molecule has 3 rings (SSSR count). The molecule has 1 aliphatic heterocycles. The molecule has 1 atom stereocenters. The van der Waals surface area contributed by atoms with Crippen molar-refractivity contribution in [3.63, 3.8) is 0 Å². The molecule has 0 aliphatic carbocycles. The van der Waals surface area contributed by atoms with E-state index in [0.29, 0.717) is 29.2 Å². The summed E-state index contributed by atoms with van der Waals surface area (Å²) < 4.78 is 22.4. The van der Waals surface area contributed by atoms with Crippen LogP contribution in [0.25, 0.3) is 0 Å². The third kappa shape index (κ3) is 4.18. The van der Waals surface area contributed by atoms with E-state index in [-0.39, 0.29) is 5.75 Å². The van der Waals surface area contributed by atoms with Crippen LogP contribution in [0, 0.1) is 0 Å². The Kier molecular flexibility index (Phi) is 4.63. The number of nitrogens with two attached hydrogens (primary N) is 1. The molecule has 1 unspecified atom stereocenters. The van der Waals surface area contributed by atoms with E-state index in [2.05, 4.69) is 32.1 Å². The molecule has 1 aliphatic rings. The lowest BCUT2D eigenvalue weighted by Crippen LogP contribution is -2.28. The average molecular weight is 348 g/mol. The van der Waals surface area contributed by atoms with Gasteiger partial charge in [-0.3, -0.25) is 0 Å². The van der Waals surface area contributed by atoms with Gasteiger partial charge in [-0.1, -0.05) is 12.1 Å². The van der Waals surface area contributed by atoms with Crippen LogP contribution in [0.15, 0.2) is 30.6 Å². The smallest absolute Gasteiger partial charge is 0.231 e. The Hall–Kier alpha value is -2.26. The first-order valence-corrected chi connectivity index (χ1v) is 9.44. The molecule has 128 valence electrons. The number of sulfonamides is 1. The maximum atomic E-state index is 11.2. The third-order valence-electron chi connectivity index (χ3n) is 3.92. The van der Waals surface area contributed by atoms with Crippen LogP contribution in [-0.4, -0.2) is 36.0 Å². The van der Waals surface area contributed by atoms with Gasteiger partial charge in [0.05, 0.1) is 5.75 Å². The van der Waals surface area contributed by atoms with Gasteiger partial charge in [0.1, 0.15) is 6.33 Å². The van der Waals surface area contributed by atoms with Crippen molar-refractivity contribution in [1.29, 1.82) is 0 Å². The van der Waals surface area contributed by atoms with Crippen molar-refractivity contribution in [3.8, 4) is 0 Å². The van der Waals surface area contributed by atoms with Crippen molar-refractivity contribution in [2.75, 3.05) is 16.8 Å². The molecule has 0 amide bonds. The quantitative estimate of drug-likeness (QED) is 0.839. The van der Waals surface area contributed by atoms with Crippen LogP contribution in [0.1, 0.15) is 25.3 Å². The summed E-state index contributed by atoms with van der Waals surface area (Å²) in [5.41, 5.74) is 1.30. The number of aromatic nitrogens is 3. The van der Waals surface area contributed by atoms with Crippen molar-refractivity contribution < 1.29 is 8.42 Å². The number of hydrogen-bond donors (Lipinski definition) is 2. The minimum absolute atomic E-state index is 0.212. The number of benzene rings is 1. The largest absolute Gasteiger partial charge is 0.338 e. The van der Waals surface area contributed by atoms with E-state index in [9.17, 15) is 8.42 Å². The fraction of sp³-hybridized carbons (Fsp3) is 0.400. The fourth-order valence-electron chi connectivity index (χ4n) is 2.82. The Morgan fingerprint density at radius 3 is 2.92 bits per heavy atom. The first-order chi connectivity index (χ1) is 11.4. The fourth-order valence-corrected chi connectivity index (χ4v) is 3.46. The Morgan fingerprint density at radius 2 is 2.21 bits per heavy atom. The molecule has 1 aromatic carbocycles. The average Bonchev–Trinajstić information content (AvgIpc) is 2.92. The summed E-state index contributed by atoms with van der Waals surface area (Å²) in [7, 11) is -3.57. The Balaban J connectivity index is 1.78. The lowest BCUT2D eigenvalue weighted by atomic mass is 10.2. The van der Waals surface area contributed by atoms with Gasteiger partial charge >= 0.3 is 0 Å². The lowest BCUT2D eigenvalue weighted by Gasteiger charge is -2.21. The second-order valence-electron chi connectivity index (χ2n) is 5.93. The molecule has 3 N–H and O–H groups in total. The van der Waals surface area contributed by atoms with E-state index in [1.54, 1.807) is 18.2 Å². The lowest BCUT2D eigenvalue weighted by molar-refractivity contribution is 0.597. The Morgan fingerprint density at radius 1 is 1.38 bits per heavy atom. The van der Waals surface area contributed by atoms with E-state index in [0.717, 1.165) is 19.4 Å². The first-order valence-electron chi connectivity index (χ1n) is 7.73. The molecule has 2 heterocycles. The molecule has 2 aromatic rings. The van der Waals surface area contributed by atoms with Gasteiger partial charge in [-0.05, 0) is 37.5 Å². The van der Waals surface area contributed by atoms with Gasteiger partial charge in [-0.25, -0.2) is 23.5 Å². The van der Waals surface area contributed by atoms with Crippen LogP contribution in [0.5, 0.6) is 0 Å². The van der Waals surface area contributed by atoms with Gasteiger partial charge in [0.2, 0.25) is 21.9 Å². The highest BCUT2D eigenvalue weighted by atomic mass is 32.2. The van der Waals surface area contributed by atoms with Crippen LogP contribution in [0.3, 0.4) is 0 Å². The van der Waals surface area contributed by atoms with Gasteiger partial charge in [0.15, 0.2) is 0 Å². The second-order valence-corrected chi connectivity index (χ2v) is 7.54. The van der Waals surface area contributed by atoms with Crippen LogP contribution < -0.4 is 15.4 Å². The summed E-state index contributed by atoms with van der Waals surface area (Å²) in [4.78, 5) is 15.0. The number of anilines is 3. The zero-order chi connectivity index (χ0) is 17.2. The highest BCUT2D eigenvalue weighted by Crippen LogP contribution is 2.23. The normalized spacial score (nSPS) is 17.9. The molecule has 9 heteroatoms. The van der Waals surface area contributed by atoms with Gasteiger partial charge in [-0.15, -0.1) is 0 Å². The van der Waals surface area contributed by atoms with Gasteiger partial charge < -0.3 is 10.2 Å². The molecule has 1 aromatic heterocycles. The number of nitrogens with one attached hydrogen (secondary N) is 1. The minimum Gasteiger partial charge on any atom is -0.338 e. The van der Waals surface area contributed by atoms with Crippen LogP contribution in [-0.2, 0) is 15.8 Å². The standard InChI is InChI=1S/C15H20N6O2S/c1-11-4-3-7-21(11)15-18-10-17-14(20-15)19-13-6-2-5-12(8-13)9-24(16,22)23/h2,5-6,8,10-11H,3-4,7,9H2,1H3,(H2,16,22,23)(H,17,18,19,20). The SMILES string of the molecule is CC1CCCN1c1ncnc(Nc2cccc(CS(N)(=O)=O)c2)n1. The molecule has 1 saturated heterocycles. The van der Waals surface area contributed by atoms with Crippen LogP contribution in [0.2, 0.25) is 0 Å². The summed E-state index contributed by atoms with van der Waals surface area (Å²) in [6.07, 6.45) is 3.74. The number of primary sulfonamides is 1. The molecule has 0 saturated carbocycles. The Bertz CT molecular complexity index is 826. The van der Waals surface area contributed by atoms with Crippen molar-refractivity contribution in [2.24, 2.45) is 5.14 Å².